The Morgan fingerprint density at radius 1 is 0.947 bits per heavy atom. The van der Waals surface area contributed by atoms with E-state index in [9.17, 15) is 9.59 Å². The van der Waals surface area contributed by atoms with Crippen LogP contribution in [0.5, 0.6) is 0 Å². The zero-order chi connectivity index (χ0) is 13.4. The Kier molecular flexibility index (Phi) is 2.79. The summed E-state index contributed by atoms with van der Waals surface area (Å²) >= 11 is 0. The zero-order valence-corrected chi connectivity index (χ0v) is 10.7. The van der Waals surface area contributed by atoms with E-state index in [-0.39, 0.29) is 17.5 Å². The summed E-state index contributed by atoms with van der Waals surface area (Å²) in [5.74, 6) is -0.734. The summed E-state index contributed by atoms with van der Waals surface area (Å²) in [4.78, 5) is 24.9. The molecule has 2 aromatic rings. The van der Waals surface area contributed by atoms with Crippen molar-refractivity contribution in [3.63, 3.8) is 0 Å². The highest BCUT2D eigenvalue weighted by Gasteiger charge is 2.41. The normalized spacial score (nSPS) is 21.2. The third-order valence-electron chi connectivity index (χ3n) is 3.84. The number of benzene rings is 2. The van der Waals surface area contributed by atoms with E-state index in [1.807, 2.05) is 49.4 Å². The Morgan fingerprint density at radius 2 is 1.58 bits per heavy atom. The molecule has 19 heavy (non-hydrogen) atoms. The molecule has 2 nitrogen and oxygen atoms in total. The quantitative estimate of drug-likeness (QED) is 0.604. The van der Waals surface area contributed by atoms with Crippen LogP contribution < -0.4 is 0 Å². The minimum Gasteiger partial charge on any atom is -0.293 e. The number of Topliss-reactive ketones (excluding diaryl/α,β-unsaturated/α-hetero) is 2. The van der Waals surface area contributed by atoms with Crippen molar-refractivity contribution in [3.05, 3.63) is 71.3 Å². The molecule has 0 amide bonds. The lowest BCUT2D eigenvalue weighted by Crippen LogP contribution is -2.23. The maximum atomic E-state index is 12.5. The SMILES string of the molecule is CC1c2ccccc2C(=O)C1C(=O)c1ccccc1. The summed E-state index contributed by atoms with van der Waals surface area (Å²) in [5.41, 5.74) is 2.30. The fraction of sp³-hybridized carbons (Fsp3) is 0.176. The minimum atomic E-state index is -0.570. The first-order valence-electron chi connectivity index (χ1n) is 6.42. The van der Waals surface area contributed by atoms with Crippen molar-refractivity contribution in [1.29, 1.82) is 0 Å². The lowest BCUT2D eigenvalue weighted by atomic mass is 9.87. The van der Waals surface area contributed by atoms with Crippen LogP contribution in [0.2, 0.25) is 0 Å². The number of ketones is 2. The van der Waals surface area contributed by atoms with Gasteiger partial charge in [0.25, 0.3) is 0 Å². The molecule has 0 radical (unpaired) electrons. The van der Waals surface area contributed by atoms with Gasteiger partial charge in [0.2, 0.25) is 0 Å². The minimum absolute atomic E-state index is 0.0445. The van der Waals surface area contributed by atoms with Crippen LogP contribution in [0.1, 0.15) is 39.1 Å². The predicted octanol–water partition coefficient (Wildman–Crippen LogP) is 3.49. The van der Waals surface area contributed by atoms with Gasteiger partial charge >= 0.3 is 0 Å². The van der Waals surface area contributed by atoms with Crippen molar-refractivity contribution in [2.24, 2.45) is 5.92 Å². The number of carbonyl (C=O) groups is 2. The molecule has 1 aliphatic carbocycles. The summed E-state index contributed by atoms with van der Waals surface area (Å²) in [7, 11) is 0. The van der Waals surface area contributed by atoms with Gasteiger partial charge in [0.15, 0.2) is 11.6 Å². The first-order valence-corrected chi connectivity index (χ1v) is 6.42. The second-order valence-corrected chi connectivity index (χ2v) is 4.95. The van der Waals surface area contributed by atoms with E-state index in [2.05, 4.69) is 0 Å². The molecule has 0 aliphatic heterocycles. The van der Waals surface area contributed by atoms with Gasteiger partial charge in [0.05, 0.1) is 5.92 Å². The standard InChI is InChI=1S/C17H14O2/c1-11-13-9-5-6-10-14(13)17(19)15(11)16(18)12-7-3-2-4-8-12/h2-11,15H,1H3. The van der Waals surface area contributed by atoms with Crippen LogP contribution >= 0.6 is 0 Å². The highest BCUT2D eigenvalue weighted by molar-refractivity contribution is 6.19. The van der Waals surface area contributed by atoms with Gasteiger partial charge in [0, 0.05) is 11.1 Å². The first-order chi connectivity index (χ1) is 9.20. The van der Waals surface area contributed by atoms with Crippen LogP contribution in [0.15, 0.2) is 54.6 Å². The van der Waals surface area contributed by atoms with Gasteiger partial charge < -0.3 is 0 Å². The molecule has 2 heteroatoms. The van der Waals surface area contributed by atoms with Gasteiger partial charge in [-0.1, -0.05) is 61.5 Å². The zero-order valence-electron chi connectivity index (χ0n) is 10.7. The molecule has 0 bridgehead atoms. The van der Waals surface area contributed by atoms with E-state index >= 15 is 0 Å². The number of hydrogen-bond acceptors (Lipinski definition) is 2. The molecule has 0 aromatic heterocycles. The molecule has 0 N–H and O–H groups in total. The maximum absolute atomic E-state index is 12.5. The van der Waals surface area contributed by atoms with Gasteiger partial charge in [0.1, 0.15) is 0 Å². The van der Waals surface area contributed by atoms with Gasteiger partial charge in [-0.05, 0) is 11.5 Å². The lowest BCUT2D eigenvalue weighted by molar-refractivity contribution is 0.0807. The number of carbonyl (C=O) groups excluding carboxylic acids is 2. The molecule has 0 saturated heterocycles. The molecule has 0 fully saturated rings. The Labute approximate surface area is 112 Å². The second kappa shape index (κ2) is 4.47. The second-order valence-electron chi connectivity index (χ2n) is 4.95. The van der Waals surface area contributed by atoms with E-state index in [0.29, 0.717) is 11.1 Å². The van der Waals surface area contributed by atoms with Crippen molar-refractivity contribution < 1.29 is 9.59 Å². The molecule has 0 heterocycles. The fourth-order valence-corrected chi connectivity index (χ4v) is 2.82. The van der Waals surface area contributed by atoms with E-state index in [4.69, 9.17) is 0 Å². The van der Waals surface area contributed by atoms with Crippen molar-refractivity contribution >= 4 is 11.6 Å². The molecule has 2 unspecified atom stereocenters. The summed E-state index contributed by atoms with van der Waals surface area (Å²) in [6, 6.07) is 16.6. The molecule has 1 aliphatic rings. The Hall–Kier alpha value is -2.22. The predicted molar refractivity (Wildman–Crippen MR) is 73.5 cm³/mol. The Morgan fingerprint density at radius 3 is 2.26 bits per heavy atom. The van der Waals surface area contributed by atoms with Gasteiger partial charge in [-0.15, -0.1) is 0 Å². The summed E-state index contributed by atoms with van der Waals surface area (Å²) in [6.07, 6.45) is 0. The average Bonchev–Trinajstić information content (AvgIpc) is 2.72. The van der Waals surface area contributed by atoms with Crippen LogP contribution in [-0.2, 0) is 0 Å². The average molecular weight is 250 g/mol. The van der Waals surface area contributed by atoms with Crippen LogP contribution in [0.4, 0.5) is 0 Å². The summed E-state index contributed by atoms with van der Waals surface area (Å²) < 4.78 is 0. The molecular formula is C17H14O2. The molecule has 94 valence electrons. The molecular weight excluding hydrogens is 236 g/mol. The Balaban J connectivity index is 2.01. The van der Waals surface area contributed by atoms with Crippen molar-refractivity contribution in [2.75, 3.05) is 0 Å². The van der Waals surface area contributed by atoms with Crippen LogP contribution in [0, 0.1) is 5.92 Å². The molecule has 2 aromatic carbocycles. The van der Waals surface area contributed by atoms with Crippen molar-refractivity contribution in [1.82, 2.24) is 0 Å². The summed E-state index contributed by atoms with van der Waals surface area (Å²) in [5, 5.41) is 0. The van der Waals surface area contributed by atoms with Crippen LogP contribution in [-0.4, -0.2) is 11.6 Å². The van der Waals surface area contributed by atoms with Crippen LogP contribution in [0.25, 0.3) is 0 Å². The smallest absolute Gasteiger partial charge is 0.174 e. The molecule has 2 atom stereocenters. The third kappa shape index (κ3) is 1.80. The van der Waals surface area contributed by atoms with E-state index in [0.717, 1.165) is 5.56 Å². The van der Waals surface area contributed by atoms with Crippen molar-refractivity contribution in [2.45, 2.75) is 12.8 Å². The highest BCUT2D eigenvalue weighted by Crippen LogP contribution is 2.39. The monoisotopic (exact) mass is 250 g/mol. The van der Waals surface area contributed by atoms with Crippen molar-refractivity contribution in [3.8, 4) is 0 Å². The van der Waals surface area contributed by atoms with Gasteiger partial charge in [-0.3, -0.25) is 9.59 Å². The largest absolute Gasteiger partial charge is 0.293 e. The third-order valence-corrected chi connectivity index (χ3v) is 3.84. The topological polar surface area (TPSA) is 34.1 Å². The first kappa shape index (κ1) is 11.8. The molecule has 3 rings (SSSR count). The van der Waals surface area contributed by atoms with Crippen LogP contribution in [0.3, 0.4) is 0 Å². The molecule has 0 saturated carbocycles. The van der Waals surface area contributed by atoms with E-state index in [1.165, 1.54) is 0 Å². The van der Waals surface area contributed by atoms with Gasteiger partial charge in [-0.2, -0.15) is 0 Å². The molecule has 0 spiro atoms. The number of rotatable bonds is 2. The maximum Gasteiger partial charge on any atom is 0.174 e. The number of hydrogen-bond donors (Lipinski definition) is 0. The highest BCUT2D eigenvalue weighted by atomic mass is 16.2. The number of fused-ring (bicyclic) bond motifs is 1. The van der Waals surface area contributed by atoms with Gasteiger partial charge in [-0.25, -0.2) is 0 Å². The van der Waals surface area contributed by atoms with E-state index < -0.39 is 5.92 Å². The fourth-order valence-electron chi connectivity index (χ4n) is 2.82. The van der Waals surface area contributed by atoms with E-state index in [1.54, 1.807) is 12.1 Å². The summed E-state index contributed by atoms with van der Waals surface area (Å²) in [6.45, 7) is 1.95. The Bertz CT molecular complexity index is 643. The lowest BCUT2D eigenvalue weighted by Gasteiger charge is -2.13.